The van der Waals surface area contributed by atoms with Crippen molar-refractivity contribution in [2.24, 2.45) is 0 Å². The van der Waals surface area contributed by atoms with Crippen LogP contribution in [0.2, 0.25) is 5.02 Å². The van der Waals surface area contributed by atoms with Gasteiger partial charge in [-0.15, -0.1) is 0 Å². The van der Waals surface area contributed by atoms with E-state index in [-0.39, 0.29) is 29.1 Å². The molecule has 0 atom stereocenters. The van der Waals surface area contributed by atoms with Gasteiger partial charge in [-0.2, -0.15) is 13.2 Å². The van der Waals surface area contributed by atoms with Crippen LogP contribution < -0.4 is 14.9 Å². The van der Waals surface area contributed by atoms with Crippen LogP contribution in [0.5, 0.6) is 17.2 Å². The molecular formula is C25H18ClF3O4. The molecule has 0 aliphatic rings. The molecule has 4 aromatic rings. The number of fused-ring (bicyclic) bond motifs is 1. The van der Waals surface area contributed by atoms with Crippen molar-refractivity contribution < 1.29 is 27.1 Å². The number of aryl methyl sites for hydroxylation is 2. The summed E-state index contributed by atoms with van der Waals surface area (Å²) in [6, 6.07) is 16.0. The Hall–Kier alpha value is -3.45. The monoisotopic (exact) mass is 474 g/mol. The van der Waals surface area contributed by atoms with Crippen LogP contribution >= 0.6 is 11.6 Å². The van der Waals surface area contributed by atoms with Crippen LogP contribution in [0.4, 0.5) is 13.2 Å². The van der Waals surface area contributed by atoms with Crippen molar-refractivity contribution in [3.63, 3.8) is 0 Å². The van der Waals surface area contributed by atoms with Crippen molar-refractivity contribution in [2.75, 3.05) is 0 Å². The largest absolute Gasteiger partial charge is 0.489 e. The maximum absolute atomic E-state index is 13.8. The number of ether oxygens (including phenoxy) is 2. The summed E-state index contributed by atoms with van der Waals surface area (Å²) in [7, 11) is 0. The van der Waals surface area contributed by atoms with Crippen LogP contribution in [0, 0.1) is 13.8 Å². The summed E-state index contributed by atoms with van der Waals surface area (Å²) in [5.74, 6) is -2.05. The Morgan fingerprint density at radius 1 is 0.909 bits per heavy atom. The first-order valence-corrected chi connectivity index (χ1v) is 10.3. The highest BCUT2D eigenvalue weighted by atomic mass is 35.5. The third kappa shape index (κ3) is 5.14. The second-order valence-electron chi connectivity index (χ2n) is 7.59. The zero-order valence-electron chi connectivity index (χ0n) is 17.6. The lowest BCUT2D eigenvalue weighted by Crippen LogP contribution is -2.15. The van der Waals surface area contributed by atoms with E-state index in [0.717, 1.165) is 16.7 Å². The molecule has 0 spiro atoms. The molecule has 33 heavy (non-hydrogen) atoms. The van der Waals surface area contributed by atoms with Gasteiger partial charge in [-0.25, -0.2) is 0 Å². The standard InChI is InChI=1S/C25H18ClF3O4/c1-14-9-15(2)11-19(10-14)32-23-22(30)20-8-7-18(12-21(20)33-24(23)25(27,28)29)31-13-16-3-5-17(26)6-4-16/h3-12H,13H2,1-2H3. The molecule has 0 aliphatic carbocycles. The summed E-state index contributed by atoms with van der Waals surface area (Å²) in [6.07, 6.45) is -4.94. The minimum atomic E-state index is -4.94. The van der Waals surface area contributed by atoms with Crippen molar-refractivity contribution in [3.05, 3.63) is 98.4 Å². The quantitative estimate of drug-likeness (QED) is 0.301. The lowest BCUT2D eigenvalue weighted by atomic mass is 10.1. The molecule has 0 saturated heterocycles. The molecule has 4 nitrogen and oxygen atoms in total. The molecule has 1 aromatic heterocycles. The van der Waals surface area contributed by atoms with Gasteiger partial charge in [0.1, 0.15) is 23.7 Å². The number of benzene rings is 3. The van der Waals surface area contributed by atoms with Crippen molar-refractivity contribution in [3.8, 4) is 17.2 Å². The molecule has 4 rings (SSSR count). The smallest absolute Gasteiger partial charge is 0.453 e. The Bertz CT molecular complexity index is 1360. The van der Waals surface area contributed by atoms with Gasteiger partial charge in [0.25, 0.3) is 5.76 Å². The molecule has 1 heterocycles. The number of hydrogen-bond acceptors (Lipinski definition) is 4. The highest BCUT2D eigenvalue weighted by Crippen LogP contribution is 2.39. The highest BCUT2D eigenvalue weighted by molar-refractivity contribution is 6.30. The average Bonchev–Trinajstić information content (AvgIpc) is 2.73. The van der Waals surface area contributed by atoms with E-state index >= 15 is 0 Å². The van der Waals surface area contributed by atoms with Gasteiger partial charge >= 0.3 is 6.18 Å². The fourth-order valence-corrected chi connectivity index (χ4v) is 3.51. The Labute approximate surface area is 192 Å². The molecule has 0 radical (unpaired) electrons. The highest BCUT2D eigenvalue weighted by Gasteiger charge is 2.40. The molecule has 0 N–H and O–H groups in total. The van der Waals surface area contributed by atoms with E-state index in [0.29, 0.717) is 5.02 Å². The third-order valence-corrected chi connectivity index (χ3v) is 5.07. The maximum atomic E-state index is 13.8. The van der Waals surface area contributed by atoms with Crippen LogP contribution in [-0.2, 0) is 12.8 Å². The van der Waals surface area contributed by atoms with Gasteiger partial charge in [-0.3, -0.25) is 4.79 Å². The Morgan fingerprint density at radius 2 is 1.58 bits per heavy atom. The second kappa shape index (κ2) is 8.83. The van der Waals surface area contributed by atoms with Crippen LogP contribution in [0.1, 0.15) is 22.5 Å². The van der Waals surface area contributed by atoms with Crippen molar-refractivity contribution in [2.45, 2.75) is 26.6 Å². The molecule has 0 amide bonds. The summed E-state index contributed by atoms with van der Waals surface area (Å²) in [5.41, 5.74) is 1.20. The number of halogens is 4. The van der Waals surface area contributed by atoms with Gasteiger partial charge in [-0.05, 0) is 66.9 Å². The van der Waals surface area contributed by atoms with Crippen LogP contribution in [0.3, 0.4) is 0 Å². The first-order chi connectivity index (χ1) is 15.6. The molecular weight excluding hydrogens is 457 g/mol. The van der Waals surface area contributed by atoms with Crippen molar-refractivity contribution in [1.29, 1.82) is 0 Å². The van der Waals surface area contributed by atoms with E-state index in [1.807, 2.05) is 6.07 Å². The predicted molar refractivity (Wildman–Crippen MR) is 119 cm³/mol. The van der Waals surface area contributed by atoms with Gasteiger partial charge in [0.2, 0.25) is 11.2 Å². The third-order valence-electron chi connectivity index (χ3n) is 4.81. The van der Waals surface area contributed by atoms with E-state index in [4.69, 9.17) is 25.5 Å². The minimum absolute atomic E-state index is 0.0544. The van der Waals surface area contributed by atoms with Gasteiger partial charge in [0, 0.05) is 11.1 Å². The van der Waals surface area contributed by atoms with E-state index < -0.39 is 23.1 Å². The van der Waals surface area contributed by atoms with Crippen molar-refractivity contribution in [1.82, 2.24) is 0 Å². The molecule has 3 aromatic carbocycles. The Morgan fingerprint density at radius 3 is 2.21 bits per heavy atom. The molecule has 0 unspecified atom stereocenters. The lowest BCUT2D eigenvalue weighted by molar-refractivity contribution is -0.154. The van der Waals surface area contributed by atoms with Crippen molar-refractivity contribution >= 4 is 22.6 Å². The lowest BCUT2D eigenvalue weighted by Gasteiger charge is -2.14. The Kier molecular flexibility index (Phi) is 6.08. The summed E-state index contributed by atoms with van der Waals surface area (Å²) >= 11 is 5.85. The molecule has 170 valence electrons. The van der Waals surface area contributed by atoms with Crippen LogP contribution in [-0.4, -0.2) is 0 Å². The molecule has 8 heteroatoms. The number of alkyl halides is 3. The minimum Gasteiger partial charge on any atom is -0.489 e. The summed E-state index contributed by atoms with van der Waals surface area (Å²) in [4.78, 5) is 13.0. The van der Waals surface area contributed by atoms with E-state index in [2.05, 4.69) is 0 Å². The second-order valence-corrected chi connectivity index (χ2v) is 8.02. The molecule has 0 bridgehead atoms. The summed E-state index contributed by atoms with van der Waals surface area (Å²) in [5, 5.41) is 0.519. The van der Waals surface area contributed by atoms with Gasteiger partial charge < -0.3 is 13.9 Å². The van der Waals surface area contributed by atoms with Crippen LogP contribution in [0.25, 0.3) is 11.0 Å². The zero-order valence-corrected chi connectivity index (χ0v) is 18.4. The first-order valence-electron chi connectivity index (χ1n) is 9.91. The summed E-state index contributed by atoms with van der Waals surface area (Å²) in [6.45, 7) is 3.71. The number of hydrogen-bond donors (Lipinski definition) is 0. The summed E-state index contributed by atoms with van der Waals surface area (Å²) < 4.78 is 57.5. The fourth-order valence-electron chi connectivity index (χ4n) is 3.38. The van der Waals surface area contributed by atoms with Gasteiger partial charge in [-0.1, -0.05) is 29.8 Å². The predicted octanol–water partition coefficient (Wildman–Crippen LogP) is 7.45. The van der Waals surface area contributed by atoms with E-state index in [1.54, 1.807) is 50.2 Å². The molecule has 0 aliphatic heterocycles. The zero-order chi connectivity index (χ0) is 23.8. The van der Waals surface area contributed by atoms with Gasteiger partial charge in [0.15, 0.2) is 0 Å². The average molecular weight is 475 g/mol. The van der Waals surface area contributed by atoms with Gasteiger partial charge in [0.05, 0.1) is 5.39 Å². The normalized spacial score (nSPS) is 11.6. The Balaban J connectivity index is 1.73. The van der Waals surface area contributed by atoms with E-state index in [9.17, 15) is 18.0 Å². The fraction of sp³-hybridized carbons (Fsp3) is 0.160. The van der Waals surface area contributed by atoms with E-state index in [1.165, 1.54) is 18.2 Å². The molecule has 0 fully saturated rings. The first kappa shape index (κ1) is 22.7. The van der Waals surface area contributed by atoms with Crippen LogP contribution in [0.15, 0.2) is 69.9 Å². The topological polar surface area (TPSA) is 48.7 Å². The maximum Gasteiger partial charge on any atom is 0.453 e. The number of rotatable bonds is 5. The molecule has 0 saturated carbocycles. The SMILES string of the molecule is Cc1cc(C)cc(Oc2c(C(F)(F)F)oc3cc(OCc4ccc(Cl)cc4)ccc3c2=O)c1.